The normalized spacial score (nSPS) is 12.5. The average Bonchev–Trinajstić information content (AvgIpc) is 1.98. The van der Waals surface area contributed by atoms with Crippen LogP contribution in [0.4, 0.5) is 0 Å². The molecule has 2 heteroatoms. The van der Waals surface area contributed by atoms with Crippen molar-refractivity contribution in [3.05, 3.63) is 0 Å². The summed E-state index contributed by atoms with van der Waals surface area (Å²) in [4.78, 5) is 0. The Morgan fingerprint density at radius 2 is 2.10 bits per heavy atom. The van der Waals surface area contributed by atoms with E-state index in [1.54, 1.807) is 0 Å². The van der Waals surface area contributed by atoms with Gasteiger partial charge in [0.2, 0.25) is 0 Å². The van der Waals surface area contributed by atoms with E-state index in [9.17, 15) is 0 Å². The third-order valence-corrected chi connectivity index (χ3v) is 1.56. The van der Waals surface area contributed by atoms with Crippen LogP contribution in [-0.2, 0) is 0 Å². The molecule has 0 aliphatic carbocycles. The van der Waals surface area contributed by atoms with E-state index in [0.717, 1.165) is 25.8 Å². The molecule has 1 atom stereocenters. The molecule has 0 radical (unpaired) electrons. The van der Waals surface area contributed by atoms with Crippen LogP contribution >= 0.6 is 0 Å². The zero-order valence-corrected chi connectivity index (χ0v) is 6.64. The lowest BCUT2D eigenvalue weighted by molar-refractivity contribution is 0.575. The predicted octanol–water partition coefficient (Wildman–Crippen LogP) is 1.67. The quantitative estimate of drug-likeness (QED) is 0.590. The van der Waals surface area contributed by atoms with Crippen molar-refractivity contribution in [3.63, 3.8) is 0 Å². The van der Waals surface area contributed by atoms with Gasteiger partial charge in [-0.2, -0.15) is 5.26 Å². The lowest BCUT2D eigenvalue weighted by Crippen LogP contribution is -1.98. The maximum absolute atomic E-state index is 8.42. The number of nitrogens with zero attached hydrogens (tertiary/aromatic N) is 1. The first-order chi connectivity index (χ1) is 4.81. The summed E-state index contributed by atoms with van der Waals surface area (Å²) in [6.45, 7) is 2.74. The van der Waals surface area contributed by atoms with Gasteiger partial charge >= 0.3 is 0 Å². The van der Waals surface area contributed by atoms with Crippen molar-refractivity contribution < 1.29 is 0 Å². The Balaban J connectivity index is 2.98. The fraction of sp³-hybridized carbons (Fsp3) is 0.875. The lowest BCUT2D eigenvalue weighted by atomic mass is 10.1. The minimum absolute atomic E-state index is 0.220. The van der Waals surface area contributed by atoms with Gasteiger partial charge in [-0.25, -0.2) is 0 Å². The van der Waals surface area contributed by atoms with E-state index >= 15 is 0 Å². The summed E-state index contributed by atoms with van der Waals surface area (Å²) in [6.07, 6.45) is 4.43. The molecule has 0 spiro atoms. The maximum Gasteiger partial charge on any atom is 0.0652 e. The van der Waals surface area contributed by atoms with E-state index in [1.165, 1.54) is 6.42 Å². The van der Waals surface area contributed by atoms with Crippen LogP contribution in [0.25, 0.3) is 0 Å². The van der Waals surface area contributed by atoms with Crippen molar-refractivity contribution in [3.8, 4) is 6.07 Å². The zero-order chi connectivity index (χ0) is 7.82. The second-order valence-electron chi connectivity index (χ2n) is 2.67. The molecule has 0 amide bonds. The molecule has 0 aromatic rings. The first kappa shape index (κ1) is 9.45. The van der Waals surface area contributed by atoms with Crippen LogP contribution in [0.1, 0.15) is 32.6 Å². The molecule has 0 aliphatic heterocycles. The van der Waals surface area contributed by atoms with Crippen LogP contribution in [0.15, 0.2) is 0 Å². The van der Waals surface area contributed by atoms with Gasteiger partial charge in [0.05, 0.1) is 6.07 Å². The molecule has 0 saturated carbocycles. The van der Waals surface area contributed by atoms with Crippen molar-refractivity contribution in [1.82, 2.24) is 0 Å². The van der Waals surface area contributed by atoms with Crippen molar-refractivity contribution >= 4 is 0 Å². The van der Waals surface area contributed by atoms with Gasteiger partial charge in [-0.05, 0) is 26.3 Å². The van der Waals surface area contributed by atoms with E-state index in [1.807, 2.05) is 6.92 Å². The second kappa shape index (κ2) is 6.57. The molecule has 0 aromatic heterocycles. The Labute approximate surface area is 63.0 Å². The summed E-state index contributed by atoms with van der Waals surface area (Å²) < 4.78 is 0. The molecule has 0 heterocycles. The molecular formula is C8H16N2. The van der Waals surface area contributed by atoms with Gasteiger partial charge in [-0.1, -0.05) is 12.8 Å². The predicted molar refractivity (Wildman–Crippen MR) is 42.3 cm³/mol. The van der Waals surface area contributed by atoms with E-state index < -0.39 is 0 Å². The van der Waals surface area contributed by atoms with Gasteiger partial charge in [0, 0.05) is 5.92 Å². The Morgan fingerprint density at radius 1 is 1.40 bits per heavy atom. The summed E-state index contributed by atoms with van der Waals surface area (Å²) in [5, 5.41) is 8.42. The molecule has 0 bridgehead atoms. The number of nitriles is 1. The minimum Gasteiger partial charge on any atom is -0.330 e. The van der Waals surface area contributed by atoms with Gasteiger partial charge in [-0.15, -0.1) is 0 Å². The van der Waals surface area contributed by atoms with Gasteiger partial charge in [0.25, 0.3) is 0 Å². The van der Waals surface area contributed by atoms with Crippen LogP contribution < -0.4 is 5.73 Å². The number of hydrogen-bond acceptors (Lipinski definition) is 2. The highest BCUT2D eigenvalue weighted by Gasteiger charge is 1.97. The minimum atomic E-state index is 0.220. The monoisotopic (exact) mass is 140 g/mol. The van der Waals surface area contributed by atoms with E-state index in [0.29, 0.717) is 0 Å². The van der Waals surface area contributed by atoms with Gasteiger partial charge in [-0.3, -0.25) is 0 Å². The van der Waals surface area contributed by atoms with Crippen molar-refractivity contribution in [2.75, 3.05) is 6.54 Å². The Hall–Kier alpha value is -0.550. The molecular weight excluding hydrogens is 124 g/mol. The standard InChI is InChI=1S/C8H16N2/c1-8(7-10)5-3-2-4-6-9/h8H,2-6,9H2,1H3. The number of nitrogens with two attached hydrogens (primary N) is 1. The maximum atomic E-state index is 8.42. The smallest absolute Gasteiger partial charge is 0.0652 e. The van der Waals surface area contributed by atoms with E-state index in [2.05, 4.69) is 6.07 Å². The lowest BCUT2D eigenvalue weighted by Gasteiger charge is -1.99. The van der Waals surface area contributed by atoms with Crippen LogP contribution in [0.3, 0.4) is 0 Å². The molecule has 1 unspecified atom stereocenters. The van der Waals surface area contributed by atoms with Crippen molar-refractivity contribution in [1.29, 1.82) is 5.26 Å². The van der Waals surface area contributed by atoms with Crippen LogP contribution in [0, 0.1) is 17.2 Å². The molecule has 58 valence electrons. The molecule has 0 saturated heterocycles. The SMILES string of the molecule is CC(C#N)CCCCCN. The molecule has 2 nitrogen and oxygen atoms in total. The summed E-state index contributed by atoms with van der Waals surface area (Å²) in [5.74, 6) is 0.220. The fourth-order valence-electron chi connectivity index (χ4n) is 0.836. The number of unbranched alkanes of at least 4 members (excludes halogenated alkanes) is 2. The topological polar surface area (TPSA) is 49.8 Å². The third-order valence-electron chi connectivity index (χ3n) is 1.56. The summed E-state index contributed by atoms with van der Waals surface area (Å²) in [6, 6.07) is 2.21. The molecule has 10 heavy (non-hydrogen) atoms. The third kappa shape index (κ3) is 5.58. The molecule has 0 fully saturated rings. The summed E-state index contributed by atoms with van der Waals surface area (Å²) in [5.41, 5.74) is 5.31. The van der Waals surface area contributed by atoms with Crippen LogP contribution in [0.2, 0.25) is 0 Å². The van der Waals surface area contributed by atoms with Crippen molar-refractivity contribution in [2.45, 2.75) is 32.6 Å². The summed E-state index contributed by atoms with van der Waals surface area (Å²) >= 11 is 0. The number of rotatable bonds is 5. The Bertz CT molecular complexity index is 104. The van der Waals surface area contributed by atoms with E-state index in [-0.39, 0.29) is 5.92 Å². The summed E-state index contributed by atoms with van der Waals surface area (Å²) in [7, 11) is 0. The number of hydrogen-bond donors (Lipinski definition) is 1. The second-order valence-corrected chi connectivity index (χ2v) is 2.67. The highest BCUT2D eigenvalue weighted by atomic mass is 14.5. The van der Waals surface area contributed by atoms with Crippen LogP contribution in [0.5, 0.6) is 0 Å². The average molecular weight is 140 g/mol. The highest BCUT2D eigenvalue weighted by molar-refractivity contribution is 4.77. The fourth-order valence-corrected chi connectivity index (χ4v) is 0.836. The van der Waals surface area contributed by atoms with E-state index in [4.69, 9.17) is 11.0 Å². The molecule has 2 N–H and O–H groups in total. The first-order valence-corrected chi connectivity index (χ1v) is 3.91. The van der Waals surface area contributed by atoms with Crippen LogP contribution in [-0.4, -0.2) is 6.54 Å². The first-order valence-electron chi connectivity index (χ1n) is 3.91. The van der Waals surface area contributed by atoms with Gasteiger partial charge in [0.15, 0.2) is 0 Å². The van der Waals surface area contributed by atoms with Crippen molar-refractivity contribution in [2.24, 2.45) is 11.7 Å². The largest absolute Gasteiger partial charge is 0.330 e. The van der Waals surface area contributed by atoms with Gasteiger partial charge < -0.3 is 5.73 Å². The Morgan fingerprint density at radius 3 is 2.60 bits per heavy atom. The molecule has 0 aromatic carbocycles. The molecule has 0 rings (SSSR count). The zero-order valence-electron chi connectivity index (χ0n) is 6.64. The highest BCUT2D eigenvalue weighted by Crippen LogP contribution is 2.06. The van der Waals surface area contributed by atoms with Gasteiger partial charge in [0.1, 0.15) is 0 Å². The molecule has 0 aliphatic rings. The Kier molecular flexibility index (Phi) is 6.21.